The molecule has 1 aliphatic heterocycles. The third-order valence-electron chi connectivity index (χ3n) is 3.52. The van der Waals surface area contributed by atoms with Crippen LogP contribution in [-0.2, 0) is 9.31 Å². The molecule has 2 heterocycles. The van der Waals surface area contributed by atoms with Gasteiger partial charge in [0.05, 0.1) is 26.9 Å². The minimum absolute atomic E-state index is 0.0729. The van der Waals surface area contributed by atoms with Crippen molar-refractivity contribution in [2.75, 3.05) is 0 Å². The van der Waals surface area contributed by atoms with Crippen molar-refractivity contribution < 1.29 is 14.8 Å². The molecule has 3 nitrogen and oxygen atoms in total. The molecule has 1 saturated heterocycles. The van der Waals surface area contributed by atoms with Gasteiger partial charge >= 0.3 is 7.12 Å². The quantitative estimate of drug-likeness (QED) is 0.743. The number of para-hydroxylation sites is 1. The highest BCUT2D eigenvalue weighted by Crippen LogP contribution is 2.37. The van der Waals surface area contributed by atoms with Crippen LogP contribution in [0.4, 0.5) is 0 Å². The molecule has 3 rings (SSSR count). The third kappa shape index (κ3) is 1.78. The first-order chi connectivity index (χ1) is 10.0. The molecular formula is C13H16BNO2S. The lowest BCUT2D eigenvalue weighted by Crippen LogP contribution is -2.41. The lowest BCUT2D eigenvalue weighted by atomic mass is 9.90. The highest BCUT2D eigenvalue weighted by Gasteiger charge is 2.52. The zero-order valence-corrected chi connectivity index (χ0v) is 11.6. The summed E-state index contributed by atoms with van der Waals surface area (Å²) >= 11 is 1.19. The molecule has 0 saturated carbocycles. The average Bonchev–Trinajstić information content (AvgIpc) is 2.94. The van der Waals surface area contributed by atoms with Crippen molar-refractivity contribution >= 4 is 33.6 Å². The van der Waals surface area contributed by atoms with E-state index in [4.69, 9.17) is 14.8 Å². The molecule has 1 aliphatic rings. The van der Waals surface area contributed by atoms with Crippen LogP contribution in [0, 0.1) is 0 Å². The van der Waals surface area contributed by atoms with Crippen LogP contribution in [0.3, 0.4) is 0 Å². The van der Waals surface area contributed by atoms with Crippen molar-refractivity contribution in [1.29, 1.82) is 0 Å². The number of nitrogens with zero attached hydrogens (tertiary/aromatic N) is 1. The molecule has 1 aromatic heterocycles. The standard InChI is InChI=1S/C13H16BNO2S/c1-12(2)13(3,4)17-14(16-12)11-15-9-7-5-6-8-10(9)18-11/h5-8H,1-4H3/i5D,6D,7D,8D. The molecule has 2 aromatic rings. The summed E-state index contributed by atoms with van der Waals surface area (Å²) in [6.07, 6.45) is 0. The van der Waals surface area contributed by atoms with Gasteiger partial charge in [-0.3, -0.25) is 0 Å². The van der Waals surface area contributed by atoms with E-state index in [9.17, 15) is 0 Å². The minimum Gasteiger partial charge on any atom is -0.398 e. The summed E-state index contributed by atoms with van der Waals surface area (Å²) in [7, 11) is -0.662. The van der Waals surface area contributed by atoms with Gasteiger partial charge < -0.3 is 9.31 Å². The van der Waals surface area contributed by atoms with Gasteiger partial charge in [0.15, 0.2) is 0 Å². The Morgan fingerprint density at radius 3 is 2.44 bits per heavy atom. The maximum absolute atomic E-state index is 7.96. The molecule has 0 bridgehead atoms. The Balaban J connectivity index is 2.12. The second-order valence-electron chi connectivity index (χ2n) is 5.32. The molecule has 0 aliphatic carbocycles. The first kappa shape index (κ1) is 8.30. The van der Waals surface area contributed by atoms with Crippen LogP contribution in [0.5, 0.6) is 0 Å². The van der Waals surface area contributed by atoms with E-state index in [1.54, 1.807) is 0 Å². The molecule has 0 unspecified atom stereocenters. The van der Waals surface area contributed by atoms with Crippen molar-refractivity contribution in [1.82, 2.24) is 4.98 Å². The van der Waals surface area contributed by atoms with E-state index in [1.807, 2.05) is 27.7 Å². The SMILES string of the molecule is [2H]c1c([2H])c([2H])c2sc(B3OC(C)(C)C(C)(C)O3)nc2c1[2H]. The highest BCUT2D eigenvalue weighted by atomic mass is 32.1. The number of hydrogen-bond donors (Lipinski definition) is 0. The van der Waals surface area contributed by atoms with Gasteiger partial charge in [-0.15, -0.1) is 11.3 Å². The third-order valence-corrected chi connectivity index (χ3v) is 4.51. The van der Waals surface area contributed by atoms with Gasteiger partial charge in [0.1, 0.15) is 4.91 Å². The molecule has 0 atom stereocenters. The molecule has 0 spiro atoms. The summed E-state index contributed by atoms with van der Waals surface area (Å²) in [6.45, 7) is 7.76. The summed E-state index contributed by atoms with van der Waals surface area (Å²) in [4.78, 5) is 4.86. The first-order valence-corrected chi connectivity index (χ1v) is 6.59. The summed E-state index contributed by atoms with van der Waals surface area (Å²) < 4.78 is 43.6. The minimum atomic E-state index is -0.662. The number of rotatable bonds is 1. The maximum Gasteiger partial charge on any atom is 0.525 e. The first-order valence-electron chi connectivity index (χ1n) is 7.77. The van der Waals surface area contributed by atoms with Crippen molar-refractivity contribution in [3.05, 3.63) is 24.2 Å². The zero-order chi connectivity index (χ0) is 16.4. The fourth-order valence-electron chi connectivity index (χ4n) is 1.73. The lowest BCUT2D eigenvalue weighted by molar-refractivity contribution is 0.00578. The van der Waals surface area contributed by atoms with E-state index in [0.29, 0.717) is 9.61 Å². The predicted molar refractivity (Wildman–Crippen MR) is 75.3 cm³/mol. The Kier molecular flexibility index (Phi) is 1.75. The van der Waals surface area contributed by atoms with Crippen molar-refractivity contribution in [3.63, 3.8) is 0 Å². The highest BCUT2D eigenvalue weighted by molar-refractivity contribution is 7.27. The van der Waals surface area contributed by atoms with Gasteiger partial charge in [0, 0.05) is 0 Å². The maximum atomic E-state index is 7.96. The fraction of sp³-hybridized carbons (Fsp3) is 0.462. The van der Waals surface area contributed by atoms with Crippen LogP contribution < -0.4 is 4.91 Å². The number of thiazole rings is 1. The van der Waals surface area contributed by atoms with Gasteiger partial charge in [-0.1, -0.05) is 12.1 Å². The van der Waals surface area contributed by atoms with Crippen molar-refractivity contribution in [2.24, 2.45) is 0 Å². The Labute approximate surface area is 117 Å². The average molecular weight is 265 g/mol. The number of benzene rings is 1. The molecular weight excluding hydrogens is 245 g/mol. The molecule has 0 radical (unpaired) electrons. The Morgan fingerprint density at radius 1 is 1.17 bits per heavy atom. The second-order valence-corrected chi connectivity index (χ2v) is 6.35. The van der Waals surface area contributed by atoms with Crippen LogP contribution in [0.2, 0.25) is 0 Å². The summed E-state index contributed by atoms with van der Waals surface area (Å²) in [5, 5.41) is 0. The molecule has 94 valence electrons. The van der Waals surface area contributed by atoms with Crippen LogP contribution in [0.25, 0.3) is 10.2 Å². The largest absolute Gasteiger partial charge is 0.525 e. The predicted octanol–water partition coefficient (Wildman–Crippen LogP) is 2.60. The van der Waals surface area contributed by atoms with Crippen molar-refractivity contribution in [2.45, 2.75) is 38.9 Å². The van der Waals surface area contributed by atoms with Crippen LogP contribution in [0.1, 0.15) is 33.2 Å². The molecule has 1 fully saturated rings. The van der Waals surface area contributed by atoms with E-state index in [0.717, 1.165) is 0 Å². The molecule has 0 N–H and O–H groups in total. The molecule has 5 heteroatoms. The molecule has 18 heavy (non-hydrogen) atoms. The van der Waals surface area contributed by atoms with Crippen molar-refractivity contribution in [3.8, 4) is 0 Å². The van der Waals surface area contributed by atoms with E-state index in [2.05, 4.69) is 4.98 Å². The Morgan fingerprint density at radius 2 is 1.78 bits per heavy atom. The van der Waals surface area contributed by atoms with E-state index < -0.39 is 18.3 Å². The normalized spacial score (nSPS) is 24.8. The number of aromatic nitrogens is 1. The van der Waals surface area contributed by atoms with Gasteiger partial charge in [-0.25, -0.2) is 4.98 Å². The summed E-state index contributed by atoms with van der Waals surface area (Å²) in [6, 6.07) is -0.726. The second kappa shape index (κ2) is 3.79. The van der Waals surface area contributed by atoms with Gasteiger partial charge in [0.25, 0.3) is 0 Å². The molecule has 1 aromatic carbocycles. The number of fused-ring (bicyclic) bond motifs is 1. The summed E-state index contributed by atoms with van der Waals surface area (Å²) in [5.74, 6) is 0. The topological polar surface area (TPSA) is 31.4 Å². The van der Waals surface area contributed by atoms with Crippen LogP contribution >= 0.6 is 11.3 Å². The fourth-order valence-corrected chi connectivity index (χ4v) is 2.56. The van der Waals surface area contributed by atoms with Gasteiger partial charge in [-0.05, 0) is 39.8 Å². The van der Waals surface area contributed by atoms with Gasteiger partial charge in [-0.2, -0.15) is 0 Å². The Hall–Kier alpha value is -0.905. The van der Waals surface area contributed by atoms with E-state index >= 15 is 0 Å². The van der Waals surface area contributed by atoms with Crippen LogP contribution in [0.15, 0.2) is 24.2 Å². The smallest absolute Gasteiger partial charge is 0.398 e. The molecule has 0 amide bonds. The van der Waals surface area contributed by atoms with E-state index in [1.165, 1.54) is 11.3 Å². The lowest BCUT2D eigenvalue weighted by Gasteiger charge is -2.32. The van der Waals surface area contributed by atoms with Gasteiger partial charge in [0.2, 0.25) is 0 Å². The summed E-state index contributed by atoms with van der Waals surface area (Å²) in [5.41, 5.74) is -0.727. The van der Waals surface area contributed by atoms with Crippen LogP contribution in [-0.4, -0.2) is 23.3 Å². The monoisotopic (exact) mass is 265 g/mol. The van der Waals surface area contributed by atoms with E-state index in [-0.39, 0.29) is 29.7 Å². The zero-order valence-electron chi connectivity index (χ0n) is 14.7. The Bertz CT molecular complexity index is 716. The number of hydrogen-bond acceptors (Lipinski definition) is 4.